The average molecular weight is 297 g/mol. The van der Waals surface area contributed by atoms with Crippen molar-refractivity contribution in [2.45, 2.75) is 58.5 Å². The Kier molecular flexibility index (Phi) is 10.0. The number of hydrogen-bond acceptors (Lipinski definition) is 3. The van der Waals surface area contributed by atoms with Gasteiger partial charge in [0.25, 0.3) is 0 Å². The number of allylic oxidation sites excluding steroid dienone is 2. The lowest BCUT2D eigenvalue weighted by atomic mass is 10.1. The maximum atomic E-state index is 11.3. The summed E-state index contributed by atoms with van der Waals surface area (Å²) in [6.45, 7) is 11.3. The molecule has 0 fully saturated rings. The minimum atomic E-state index is -0.0924. The monoisotopic (exact) mass is 297 g/mol. The third kappa shape index (κ3) is 8.02. The molecule has 4 heteroatoms. The molecule has 0 aliphatic rings. The zero-order valence-corrected chi connectivity index (χ0v) is 14.2. The molecule has 0 aliphatic heterocycles. The van der Waals surface area contributed by atoms with Crippen LogP contribution in [0.2, 0.25) is 0 Å². The van der Waals surface area contributed by atoms with Crippen LogP contribution in [0.15, 0.2) is 24.9 Å². The molecule has 0 spiro atoms. The van der Waals surface area contributed by atoms with Gasteiger partial charge in [-0.05, 0) is 46.1 Å². The van der Waals surface area contributed by atoms with Gasteiger partial charge in [0.15, 0.2) is 0 Å². The van der Waals surface area contributed by atoms with E-state index in [4.69, 9.17) is 10.5 Å². The molecule has 4 nitrogen and oxygen atoms in total. The molecular weight excluding hydrogens is 264 g/mol. The molecule has 0 rings (SSSR count). The van der Waals surface area contributed by atoms with Crippen LogP contribution in [0.25, 0.3) is 0 Å². The van der Waals surface area contributed by atoms with E-state index >= 15 is 0 Å². The van der Waals surface area contributed by atoms with E-state index in [1.165, 1.54) is 0 Å². The first kappa shape index (κ1) is 19.9. The van der Waals surface area contributed by atoms with Crippen LogP contribution in [0, 0.1) is 0 Å². The van der Waals surface area contributed by atoms with E-state index in [0.717, 1.165) is 30.3 Å². The molecule has 0 radical (unpaired) electrons. The Morgan fingerprint density at radius 3 is 2.52 bits per heavy atom. The van der Waals surface area contributed by atoms with Crippen molar-refractivity contribution >= 4 is 5.97 Å². The lowest BCUT2D eigenvalue weighted by Crippen LogP contribution is -2.54. The van der Waals surface area contributed by atoms with E-state index in [1.807, 2.05) is 19.9 Å². The summed E-state index contributed by atoms with van der Waals surface area (Å²) in [6, 6.07) is 0.468. The van der Waals surface area contributed by atoms with Crippen molar-refractivity contribution in [3.63, 3.8) is 0 Å². The number of carbonyl (C=O) groups is 1. The second-order valence-electron chi connectivity index (χ2n) is 5.86. The molecule has 2 N–H and O–H groups in total. The van der Waals surface area contributed by atoms with E-state index in [0.29, 0.717) is 19.1 Å². The highest BCUT2D eigenvalue weighted by molar-refractivity contribution is 5.69. The third-order valence-corrected chi connectivity index (χ3v) is 4.08. The first-order valence-electron chi connectivity index (χ1n) is 7.93. The fourth-order valence-corrected chi connectivity index (χ4v) is 2.34. The number of carbonyl (C=O) groups excluding carboxylic acids is 1. The van der Waals surface area contributed by atoms with Gasteiger partial charge in [-0.1, -0.05) is 12.7 Å². The number of quaternary nitrogens is 1. The number of ether oxygens (including phenoxy) is 1. The van der Waals surface area contributed by atoms with Crippen molar-refractivity contribution < 1.29 is 14.0 Å². The normalized spacial score (nSPS) is 17.2. The van der Waals surface area contributed by atoms with Gasteiger partial charge >= 0.3 is 5.97 Å². The quantitative estimate of drug-likeness (QED) is 0.276. The highest BCUT2D eigenvalue weighted by Gasteiger charge is 2.29. The van der Waals surface area contributed by atoms with Crippen molar-refractivity contribution in [1.82, 2.24) is 0 Å². The van der Waals surface area contributed by atoms with Crippen LogP contribution in [0.3, 0.4) is 0 Å². The second-order valence-corrected chi connectivity index (χ2v) is 5.86. The number of likely N-dealkylation sites (N-methyl/N-ethyl adjacent to an activating group) is 1. The van der Waals surface area contributed by atoms with E-state index in [1.54, 1.807) is 6.08 Å². The zero-order valence-electron chi connectivity index (χ0n) is 14.2. The van der Waals surface area contributed by atoms with Crippen molar-refractivity contribution in [2.24, 2.45) is 5.73 Å². The van der Waals surface area contributed by atoms with Crippen LogP contribution >= 0.6 is 0 Å². The van der Waals surface area contributed by atoms with Crippen LogP contribution in [0.4, 0.5) is 0 Å². The van der Waals surface area contributed by atoms with Gasteiger partial charge in [-0.3, -0.25) is 9.28 Å². The maximum Gasteiger partial charge on any atom is 0.305 e. The fourth-order valence-electron chi connectivity index (χ4n) is 2.34. The van der Waals surface area contributed by atoms with Gasteiger partial charge in [-0.2, -0.15) is 0 Å². The van der Waals surface area contributed by atoms with Crippen molar-refractivity contribution in [3.8, 4) is 0 Å². The molecule has 0 amide bonds. The number of unbranched alkanes of at least 4 members (excludes halogenated alkanes) is 2. The zero-order chi connectivity index (χ0) is 16.3. The van der Waals surface area contributed by atoms with E-state index in [2.05, 4.69) is 26.8 Å². The fraction of sp³-hybridized carbons (Fsp3) is 0.706. The number of nitrogens with zero attached hydrogens (tertiary/aromatic N) is 1. The molecule has 122 valence electrons. The molecule has 3 atom stereocenters. The van der Waals surface area contributed by atoms with Gasteiger partial charge in [0, 0.05) is 6.42 Å². The maximum absolute atomic E-state index is 11.3. The van der Waals surface area contributed by atoms with Crippen LogP contribution in [-0.4, -0.2) is 42.7 Å². The van der Waals surface area contributed by atoms with Crippen molar-refractivity contribution in [2.75, 3.05) is 20.2 Å². The summed E-state index contributed by atoms with van der Waals surface area (Å²) in [5.74, 6) is -0.0924. The van der Waals surface area contributed by atoms with Crippen LogP contribution < -0.4 is 5.73 Å². The standard InChI is InChI=1S/C17H33N2O2/c1-6-8-13-19(5,16(4)15(3)18)14-11-9-10-12-17(20)21-7-2/h6,8,13,15-16H,1,7,9-12,14,18H2,2-5H3/q+1/b13-8-. The van der Waals surface area contributed by atoms with E-state index in [-0.39, 0.29) is 12.0 Å². The first-order valence-corrected chi connectivity index (χ1v) is 7.93. The first-order chi connectivity index (χ1) is 9.87. The second kappa shape index (κ2) is 10.6. The Bertz CT molecular complexity index is 340. The molecule has 0 bridgehead atoms. The minimum Gasteiger partial charge on any atom is -0.466 e. The van der Waals surface area contributed by atoms with Gasteiger partial charge in [0.2, 0.25) is 0 Å². The van der Waals surface area contributed by atoms with E-state index < -0.39 is 0 Å². The Hall–Kier alpha value is -1.13. The number of rotatable bonds is 11. The number of hydrogen-bond donors (Lipinski definition) is 1. The molecule has 0 aliphatic carbocycles. The predicted molar refractivity (Wildman–Crippen MR) is 88.6 cm³/mol. The molecule has 0 saturated heterocycles. The summed E-state index contributed by atoms with van der Waals surface area (Å²) in [7, 11) is 2.19. The summed E-state index contributed by atoms with van der Waals surface area (Å²) in [6.07, 6.45) is 9.43. The largest absolute Gasteiger partial charge is 0.466 e. The van der Waals surface area contributed by atoms with Crippen LogP contribution in [0.5, 0.6) is 0 Å². The van der Waals surface area contributed by atoms with Gasteiger partial charge in [0.05, 0.1) is 32.4 Å². The van der Waals surface area contributed by atoms with Crippen molar-refractivity contribution in [3.05, 3.63) is 24.9 Å². The van der Waals surface area contributed by atoms with Gasteiger partial charge < -0.3 is 10.5 Å². The summed E-state index contributed by atoms with van der Waals surface area (Å²) in [5, 5.41) is 0. The van der Waals surface area contributed by atoms with E-state index in [9.17, 15) is 4.79 Å². The summed E-state index contributed by atoms with van der Waals surface area (Å²) >= 11 is 0. The molecule has 0 aromatic rings. The molecular formula is C17H33N2O2+. The highest BCUT2D eigenvalue weighted by Crippen LogP contribution is 2.17. The molecule has 0 aromatic heterocycles. The van der Waals surface area contributed by atoms with Crippen LogP contribution in [-0.2, 0) is 9.53 Å². The van der Waals surface area contributed by atoms with Crippen molar-refractivity contribution in [1.29, 1.82) is 0 Å². The Morgan fingerprint density at radius 2 is 2.00 bits per heavy atom. The Balaban J connectivity index is 4.28. The Labute approximate surface area is 130 Å². The summed E-state index contributed by atoms with van der Waals surface area (Å²) < 4.78 is 5.73. The minimum absolute atomic E-state index is 0.0924. The molecule has 0 heterocycles. The average Bonchev–Trinajstić information content (AvgIpc) is 2.44. The number of nitrogens with two attached hydrogens (primary N) is 1. The molecule has 21 heavy (non-hydrogen) atoms. The van der Waals surface area contributed by atoms with Crippen LogP contribution in [0.1, 0.15) is 46.5 Å². The van der Waals surface area contributed by atoms with Gasteiger partial charge in [0.1, 0.15) is 6.04 Å². The van der Waals surface area contributed by atoms with Gasteiger partial charge in [-0.25, -0.2) is 0 Å². The molecule has 0 aromatic carbocycles. The predicted octanol–water partition coefficient (Wildman–Crippen LogP) is 2.99. The molecule has 3 unspecified atom stereocenters. The number of esters is 1. The molecule has 0 saturated carbocycles. The summed E-state index contributed by atoms with van der Waals surface area (Å²) in [5.41, 5.74) is 6.06. The lowest BCUT2D eigenvalue weighted by molar-refractivity contribution is -0.884. The Morgan fingerprint density at radius 1 is 1.33 bits per heavy atom. The SMILES string of the molecule is C=C/C=C\[N+](C)(CCCCCC(=O)OCC)C(C)C(C)N. The third-order valence-electron chi connectivity index (χ3n) is 4.08. The summed E-state index contributed by atoms with van der Waals surface area (Å²) in [4.78, 5) is 11.3. The highest BCUT2D eigenvalue weighted by atomic mass is 16.5. The lowest BCUT2D eigenvalue weighted by Gasteiger charge is -2.38. The topological polar surface area (TPSA) is 52.3 Å². The van der Waals surface area contributed by atoms with Gasteiger partial charge in [-0.15, -0.1) is 0 Å². The smallest absolute Gasteiger partial charge is 0.305 e.